The Morgan fingerprint density at radius 1 is 1.11 bits per heavy atom. The first-order valence-electron chi connectivity index (χ1n) is 5.97. The number of benzene rings is 2. The Bertz CT molecular complexity index is 511. The van der Waals surface area contributed by atoms with E-state index in [1.54, 1.807) is 0 Å². The van der Waals surface area contributed by atoms with Crippen molar-refractivity contribution in [3.05, 3.63) is 69.7 Å². The van der Waals surface area contributed by atoms with E-state index in [4.69, 9.17) is 5.84 Å². The second-order valence-corrected chi connectivity index (χ2v) is 5.18. The minimum atomic E-state index is 0.113. The fourth-order valence-electron chi connectivity index (χ4n) is 2.05. The molecule has 0 aliphatic rings. The van der Waals surface area contributed by atoms with E-state index >= 15 is 0 Å². The van der Waals surface area contributed by atoms with Crippen molar-refractivity contribution >= 4 is 15.9 Å². The summed E-state index contributed by atoms with van der Waals surface area (Å²) in [6.07, 6.45) is 0.874. The number of halogens is 1. The number of hydrogen-bond donors (Lipinski definition) is 2. The van der Waals surface area contributed by atoms with E-state index in [9.17, 15) is 0 Å². The zero-order valence-corrected chi connectivity index (χ0v) is 11.9. The van der Waals surface area contributed by atoms with Crippen LogP contribution < -0.4 is 11.3 Å². The van der Waals surface area contributed by atoms with E-state index in [1.165, 1.54) is 16.7 Å². The van der Waals surface area contributed by atoms with Gasteiger partial charge in [-0.2, -0.15) is 0 Å². The van der Waals surface area contributed by atoms with Crippen LogP contribution in [0, 0.1) is 6.92 Å². The molecule has 0 saturated carbocycles. The van der Waals surface area contributed by atoms with Crippen LogP contribution in [0.2, 0.25) is 0 Å². The highest BCUT2D eigenvalue weighted by atomic mass is 79.9. The van der Waals surface area contributed by atoms with Gasteiger partial charge in [0.2, 0.25) is 0 Å². The molecule has 0 aliphatic heterocycles. The van der Waals surface area contributed by atoms with Gasteiger partial charge in [0.05, 0.1) is 6.04 Å². The Balaban J connectivity index is 2.26. The summed E-state index contributed by atoms with van der Waals surface area (Å²) in [6.45, 7) is 2.09. The van der Waals surface area contributed by atoms with E-state index in [2.05, 4.69) is 58.6 Å². The standard InChI is InChI=1S/C15H17BrN2/c1-11-6-5-9-13(15(11)16)14(18-17)10-12-7-3-2-4-8-12/h2-9,14,18H,10,17H2,1H3. The van der Waals surface area contributed by atoms with Gasteiger partial charge in [0.1, 0.15) is 0 Å². The Morgan fingerprint density at radius 2 is 1.83 bits per heavy atom. The summed E-state index contributed by atoms with van der Waals surface area (Å²) in [5.41, 5.74) is 6.60. The Hall–Kier alpha value is -1.16. The highest BCUT2D eigenvalue weighted by Gasteiger charge is 2.14. The first kappa shape index (κ1) is 13.3. The van der Waals surface area contributed by atoms with Crippen LogP contribution in [0.5, 0.6) is 0 Å². The van der Waals surface area contributed by atoms with E-state index in [1.807, 2.05) is 18.2 Å². The summed E-state index contributed by atoms with van der Waals surface area (Å²) >= 11 is 3.64. The molecule has 0 radical (unpaired) electrons. The Kier molecular flexibility index (Phi) is 4.53. The van der Waals surface area contributed by atoms with Crippen LogP contribution in [0.15, 0.2) is 53.0 Å². The second-order valence-electron chi connectivity index (χ2n) is 4.39. The lowest BCUT2D eigenvalue weighted by molar-refractivity contribution is 0.549. The van der Waals surface area contributed by atoms with Crippen molar-refractivity contribution in [2.75, 3.05) is 0 Å². The van der Waals surface area contributed by atoms with Gasteiger partial charge in [-0.1, -0.05) is 64.5 Å². The van der Waals surface area contributed by atoms with Gasteiger partial charge < -0.3 is 0 Å². The fraction of sp³-hybridized carbons (Fsp3) is 0.200. The summed E-state index contributed by atoms with van der Waals surface area (Å²) < 4.78 is 1.13. The predicted molar refractivity (Wildman–Crippen MR) is 79.1 cm³/mol. The average molecular weight is 305 g/mol. The molecule has 0 heterocycles. The zero-order chi connectivity index (χ0) is 13.0. The number of rotatable bonds is 4. The third-order valence-electron chi connectivity index (χ3n) is 3.08. The van der Waals surface area contributed by atoms with Gasteiger partial charge in [-0.3, -0.25) is 11.3 Å². The monoisotopic (exact) mass is 304 g/mol. The van der Waals surface area contributed by atoms with Gasteiger partial charge in [0.25, 0.3) is 0 Å². The van der Waals surface area contributed by atoms with Crippen LogP contribution in [0.4, 0.5) is 0 Å². The van der Waals surface area contributed by atoms with E-state index in [0.29, 0.717) is 0 Å². The minimum Gasteiger partial charge on any atom is -0.271 e. The molecule has 1 atom stereocenters. The fourth-order valence-corrected chi connectivity index (χ4v) is 2.59. The van der Waals surface area contributed by atoms with Crippen LogP contribution in [0.25, 0.3) is 0 Å². The van der Waals surface area contributed by atoms with Gasteiger partial charge in [-0.25, -0.2) is 0 Å². The number of aryl methyl sites for hydroxylation is 1. The summed E-state index contributed by atoms with van der Waals surface area (Å²) in [4.78, 5) is 0. The van der Waals surface area contributed by atoms with Gasteiger partial charge >= 0.3 is 0 Å². The van der Waals surface area contributed by atoms with E-state index in [0.717, 1.165) is 10.9 Å². The first-order valence-corrected chi connectivity index (χ1v) is 6.76. The molecule has 1 unspecified atom stereocenters. The molecular formula is C15H17BrN2. The highest BCUT2D eigenvalue weighted by Crippen LogP contribution is 2.28. The van der Waals surface area contributed by atoms with Gasteiger partial charge in [-0.15, -0.1) is 0 Å². The lowest BCUT2D eigenvalue weighted by Gasteiger charge is -2.19. The lowest BCUT2D eigenvalue weighted by Crippen LogP contribution is -2.30. The number of hydrazine groups is 1. The summed E-state index contributed by atoms with van der Waals surface area (Å²) in [5, 5.41) is 0. The van der Waals surface area contributed by atoms with Crippen LogP contribution in [-0.4, -0.2) is 0 Å². The largest absolute Gasteiger partial charge is 0.271 e. The molecular weight excluding hydrogens is 288 g/mol. The minimum absolute atomic E-state index is 0.113. The number of hydrogen-bond acceptors (Lipinski definition) is 2. The Morgan fingerprint density at radius 3 is 2.50 bits per heavy atom. The summed E-state index contributed by atoms with van der Waals surface area (Å²) in [7, 11) is 0. The molecule has 2 nitrogen and oxygen atoms in total. The van der Waals surface area contributed by atoms with Crippen molar-refractivity contribution < 1.29 is 0 Å². The topological polar surface area (TPSA) is 38.0 Å². The maximum absolute atomic E-state index is 5.70. The lowest BCUT2D eigenvalue weighted by atomic mass is 9.98. The van der Waals surface area contributed by atoms with E-state index in [-0.39, 0.29) is 6.04 Å². The molecule has 0 spiro atoms. The number of nitrogens with two attached hydrogens (primary N) is 1. The molecule has 2 aromatic carbocycles. The molecule has 0 amide bonds. The zero-order valence-electron chi connectivity index (χ0n) is 10.4. The second kappa shape index (κ2) is 6.14. The van der Waals surface area contributed by atoms with Crippen LogP contribution >= 0.6 is 15.9 Å². The maximum Gasteiger partial charge on any atom is 0.0511 e. The van der Waals surface area contributed by atoms with Gasteiger partial charge in [0, 0.05) is 4.47 Å². The van der Waals surface area contributed by atoms with Crippen molar-refractivity contribution in [1.29, 1.82) is 0 Å². The molecule has 3 N–H and O–H groups in total. The third-order valence-corrected chi connectivity index (χ3v) is 4.16. The third kappa shape index (κ3) is 2.99. The molecule has 3 heteroatoms. The van der Waals surface area contributed by atoms with Crippen molar-refractivity contribution in [3.63, 3.8) is 0 Å². The average Bonchev–Trinajstić information content (AvgIpc) is 2.41. The molecule has 2 rings (SSSR count). The molecule has 2 aromatic rings. The Labute approximate surface area is 116 Å². The van der Waals surface area contributed by atoms with Crippen molar-refractivity contribution in [3.8, 4) is 0 Å². The van der Waals surface area contributed by atoms with E-state index < -0.39 is 0 Å². The van der Waals surface area contributed by atoms with Crippen LogP contribution in [0.3, 0.4) is 0 Å². The first-order chi connectivity index (χ1) is 8.72. The molecule has 0 fully saturated rings. The van der Waals surface area contributed by atoms with Gasteiger partial charge in [0.15, 0.2) is 0 Å². The van der Waals surface area contributed by atoms with Crippen LogP contribution in [0.1, 0.15) is 22.7 Å². The molecule has 0 aliphatic carbocycles. The van der Waals surface area contributed by atoms with Crippen molar-refractivity contribution in [2.24, 2.45) is 5.84 Å². The quantitative estimate of drug-likeness (QED) is 0.670. The van der Waals surface area contributed by atoms with Crippen molar-refractivity contribution in [2.45, 2.75) is 19.4 Å². The molecule has 18 heavy (non-hydrogen) atoms. The normalized spacial score (nSPS) is 12.4. The summed E-state index contributed by atoms with van der Waals surface area (Å²) in [6, 6.07) is 16.7. The van der Waals surface area contributed by atoms with Gasteiger partial charge in [-0.05, 0) is 30.0 Å². The maximum atomic E-state index is 5.70. The van der Waals surface area contributed by atoms with Crippen LogP contribution in [-0.2, 0) is 6.42 Å². The molecule has 0 bridgehead atoms. The SMILES string of the molecule is Cc1cccc(C(Cc2ccccc2)NN)c1Br. The molecule has 0 saturated heterocycles. The number of nitrogens with one attached hydrogen (secondary N) is 1. The highest BCUT2D eigenvalue weighted by molar-refractivity contribution is 9.10. The molecule has 94 valence electrons. The summed E-state index contributed by atoms with van der Waals surface area (Å²) in [5.74, 6) is 5.70. The predicted octanol–water partition coefficient (Wildman–Crippen LogP) is 3.50. The smallest absolute Gasteiger partial charge is 0.0511 e. The molecule has 0 aromatic heterocycles. The van der Waals surface area contributed by atoms with Crippen molar-refractivity contribution in [1.82, 2.24) is 5.43 Å².